The second-order valence-corrected chi connectivity index (χ2v) is 4.37. The van der Waals surface area contributed by atoms with Crippen molar-refractivity contribution in [2.24, 2.45) is 11.7 Å². The van der Waals surface area contributed by atoms with Crippen molar-refractivity contribution in [3.8, 4) is 0 Å². The lowest BCUT2D eigenvalue weighted by atomic mass is 10.1. The Hall–Kier alpha value is -1.35. The summed E-state index contributed by atoms with van der Waals surface area (Å²) in [5.74, 6) is 0.670. The van der Waals surface area contributed by atoms with Gasteiger partial charge in [0.1, 0.15) is 5.65 Å². The van der Waals surface area contributed by atoms with E-state index in [1.54, 1.807) is 0 Å². The Balaban J connectivity index is 2.18. The number of aromatic nitrogens is 2. The second-order valence-electron chi connectivity index (χ2n) is 4.37. The van der Waals surface area contributed by atoms with Gasteiger partial charge in [-0.05, 0) is 37.8 Å². The summed E-state index contributed by atoms with van der Waals surface area (Å²) in [7, 11) is 0. The third kappa shape index (κ3) is 1.35. The maximum Gasteiger partial charge on any atom is 0.137 e. The molecule has 2 heterocycles. The van der Waals surface area contributed by atoms with Crippen LogP contribution in [0.5, 0.6) is 0 Å². The average molecular weight is 201 g/mol. The van der Waals surface area contributed by atoms with Crippen molar-refractivity contribution >= 4 is 5.65 Å². The van der Waals surface area contributed by atoms with Crippen LogP contribution in [0.1, 0.15) is 30.3 Å². The van der Waals surface area contributed by atoms with Crippen LogP contribution in [0.3, 0.4) is 0 Å². The summed E-state index contributed by atoms with van der Waals surface area (Å²) in [6.07, 6.45) is 4.58. The number of aryl methyl sites for hydroxylation is 1. The predicted octanol–water partition coefficient (Wildman–Crippen LogP) is 2.05. The molecule has 3 nitrogen and oxygen atoms in total. The summed E-state index contributed by atoms with van der Waals surface area (Å²) in [6.45, 7) is 2.05. The van der Waals surface area contributed by atoms with Gasteiger partial charge in [0, 0.05) is 6.20 Å². The maximum absolute atomic E-state index is 6.25. The fraction of sp³-hybridized carbons (Fsp3) is 0.417. The van der Waals surface area contributed by atoms with Gasteiger partial charge in [0.15, 0.2) is 0 Å². The number of nitrogens with zero attached hydrogens (tertiary/aromatic N) is 2. The number of hydrogen-bond donors (Lipinski definition) is 1. The lowest BCUT2D eigenvalue weighted by Gasteiger charge is -2.11. The van der Waals surface area contributed by atoms with Crippen molar-refractivity contribution in [1.29, 1.82) is 0 Å². The molecule has 0 bridgehead atoms. The summed E-state index contributed by atoms with van der Waals surface area (Å²) in [6, 6.07) is 6.21. The van der Waals surface area contributed by atoms with Crippen molar-refractivity contribution in [3.05, 3.63) is 35.8 Å². The monoisotopic (exact) mass is 201 g/mol. The van der Waals surface area contributed by atoms with Gasteiger partial charge in [-0.3, -0.25) is 0 Å². The van der Waals surface area contributed by atoms with E-state index in [0.29, 0.717) is 5.92 Å². The number of pyridine rings is 1. The molecule has 1 atom stereocenters. The molecule has 0 spiro atoms. The Morgan fingerprint density at radius 1 is 1.47 bits per heavy atom. The van der Waals surface area contributed by atoms with E-state index >= 15 is 0 Å². The van der Waals surface area contributed by atoms with E-state index in [0.717, 1.165) is 11.3 Å². The molecule has 1 aliphatic rings. The van der Waals surface area contributed by atoms with E-state index in [2.05, 4.69) is 9.38 Å². The van der Waals surface area contributed by atoms with Crippen LogP contribution in [0, 0.1) is 12.8 Å². The standard InChI is InChI=1S/C12H15N3/c1-8-12(11(13)9-5-6-9)15-7-3-2-4-10(15)14-8/h2-4,7,9,11H,5-6,13H2,1H3. The lowest BCUT2D eigenvalue weighted by molar-refractivity contribution is 0.605. The minimum Gasteiger partial charge on any atom is -0.322 e. The quantitative estimate of drug-likeness (QED) is 0.808. The Morgan fingerprint density at radius 2 is 2.27 bits per heavy atom. The van der Waals surface area contributed by atoms with Crippen LogP contribution >= 0.6 is 0 Å². The highest BCUT2D eigenvalue weighted by Crippen LogP contribution is 2.40. The van der Waals surface area contributed by atoms with Gasteiger partial charge in [-0.25, -0.2) is 4.98 Å². The topological polar surface area (TPSA) is 43.3 Å². The number of hydrogen-bond acceptors (Lipinski definition) is 2. The highest BCUT2D eigenvalue weighted by Gasteiger charge is 2.32. The van der Waals surface area contributed by atoms with Crippen LogP contribution in [0.25, 0.3) is 5.65 Å². The number of rotatable bonds is 2. The largest absolute Gasteiger partial charge is 0.322 e. The molecule has 3 rings (SSSR count). The molecule has 78 valence electrons. The first-order valence-electron chi connectivity index (χ1n) is 5.46. The Bertz CT molecular complexity index is 497. The first-order valence-corrected chi connectivity index (χ1v) is 5.46. The molecule has 0 aliphatic heterocycles. The SMILES string of the molecule is Cc1nc2ccccn2c1C(N)C1CC1. The minimum absolute atomic E-state index is 0.155. The van der Waals surface area contributed by atoms with Crippen molar-refractivity contribution < 1.29 is 0 Å². The summed E-state index contributed by atoms with van der Waals surface area (Å²) in [5, 5.41) is 0. The molecule has 1 saturated carbocycles. The third-order valence-corrected chi connectivity index (χ3v) is 3.20. The Kier molecular flexibility index (Phi) is 1.83. The van der Waals surface area contributed by atoms with Crippen molar-refractivity contribution in [3.63, 3.8) is 0 Å². The number of fused-ring (bicyclic) bond motifs is 1. The second kappa shape index (κ2) is 3.07. The molecule has 1 fully saturated rings. The van der Waals surface area contributed by atoms with E-state index in [4.69, 9.17) is 5.73 Å². The number of imidazole rings is 1. The molecule has 2 N–H and O–H groups in total. The normalized spacial score (nSPS) is 18.3. The molecule has 1 aliphatic carbocycles. The highest BCUT2D eigenvalue weighted by atomic mass is 15.0. The minimum atomic E-state index is 0.155. The van der Waals surface area contributed by atoms with Gasteiger partial charge in [-0.2, -0.15) is 0 Å². The lowest BCUT2D eigenvalue weighted by Crippen LogP contribution is -2.15. The zero-order chi connectivity index (χ0) is 10.4. The zero-order valence-corrected chi connectivity index (χ0v) is 8.85. The van der Waals surface area contributed by atoms with Gasteiger partial charge in [0.25, 0.3) is 0 Å². The highest BCUT2D eigenvalue weighted by molar-refractivity contribution is 5.43. The third-order valence-electron chi connectivity index (χ3n) is 3.20. The van der Waals surface area contributed by atoms with Crippen LogP contribution in [-0.4, -0.2) is 9.38 Å². The molecular weight excluding hydrogens is 186 g/mol. The first-order chi connectivity index (χ1) is 7.27. The molecule has 0 radical (unpaired) electrons. The molecule has 3 heteroatoms. The molecule has 2 aromatic rings. The smallest absolute Gasteiger partial charge is 0.137 e. The zero-order valence-electron chi connectivity index (χ0n) is 8.85. The molecule has 15 heavy (non-hydrogen) atoms. The number of nitrogens with two attached hydrogens (primary N) is 1. The molecular formula is C12H15N3. The van der Waals surface area contributed by atoms with Crippen molar-refractivity contribution in [1.82, 2.24) is 9.38 Å². The summed E-state index contributed by atoms with van der Waals surface area (Å²) >= 11 is 0. The van der Waals surface area contributed by atoms with Gasteiger partial charge >= 0.3 is 0 Å². The Morgan fingerprint density at radius 3 is 3.00 bits per heavy atom. The summed E-state index contributed by atoms with van der Waals surface area (Å²) < 4.78 is 2.12. The predicted molar refractivity (Wildman–Crippen MR) is 59.6 cm³/mol. The van der Waals surface area contributed by atoms with Gasteiger partial charge < -0.3 is 10.1 Å². The van der Waals surface area contributed by atoms with Crippen LogP contribution in [0.15, 0.2) is 24.4 Å². The van der Waals surface area contributed by atoms with E-state index in [-0.39, 0.29) is 6.04 Å². The van der Waals surface area contributed by atoms with Gasteiger partial charge in [-0.15, -0.1) is 0 Å². The van der Waals surface area contributed by atoms with E-state index in [1.807, 2.05) is 31.3 Å². The molecule has 0 aromatic carbocycles. The fourth-order valence-electron chi connectivity index (χ4n) is 2.21. The fourth-order valence-corrected chi connectivity index (χ4v) is 2.21. The van der Waals surface area contributed by atoms with E-state index < -0.39 is 0 Å². The van der Waals surface area contributed by atoms with Gasteiger partial charge in [0.2, 0.25) is 0 Å². The van der Waals surface area contributed by atoms with E-state index in [1.165, 1.54) is 18.5 Å². The maximum atomic E-state index is 6.25. The molecule has 1 unspecified atom stereocenters. The van der Waals surface area contributed by atoms with Crippen molar-refractivity contribution in [2.75, 3.05) is 0 Å². The molecule has 0 amide bonds. The summed E-state index contributed by atoms with van der Waals surface area (Å²) in [4.78, 5) is 4.53. The average Bonchev–Trinajstić information content (AvgIpc) is 3.00. The van der Waals surface area contributed by atoms with E-state index in [9.17, 15) is 0 Å². The molecule has 0 saturated heterocycles. The van der Waals surface area contributed by atoms with Gasteiger partial charge in [-0.1, -0.05) is 6.07 Å². The van der Waals surface area contributed by atoms with Crippen LogP contribution in [0.4, 0.5) is 0 Å². The van der Waals surface area contributed by atoms with Gasteiger partial charge in [0.05, 0.1) is 17.4 Å². The van der Waals surface area contributed by atoms with Crippen LogP contribution in [0.2, 0.25) is 0 Å². The van der Waals surface area contributed by atoms with Crippen molar-refractivity contribution in [2.45, 2.75) is 25.8 Å². The summed E-state index contributed by atoms with van der Waals surface area (Å²) in [5.41, 5.74) is 9.51. The van der Waals surface area contributed by atoms with Crippen LogP contribution < -0.4 is 5.73 Å². The van der Waals surface area contributed by atoms with Crippen LogP contribution in [-0.2, 0) is 0 Å². The Labute approximate surface area is 88.9 Å². The molecule has 2 aromatic heterocycles. The first kappa shape index (κ1) is 8.92.